The van der Waals surface area contributed by atoms with E-state index in [0.717, 1.165) is 16.3 Å². The molecule has 0 aliphatic carbocycles. The zero-order valence-electron chi connectivity index (χ0n) is 12.1. The molecule has 0 fully saturated rings. The van der Waals surface area contributed by atoms with Crippen molar-refractivity contribution < 1.29 is 14.7 Å². The molecule has 1 aromatic carbocycles. The number of thiazole rings is 1. The number of carbonyl (C=O) groups is 2. The van der Waals surface area contributed by atoms with Crippen LogP contribution in [-0.2, 0) is 4.79 Å². The molecule has 6 nitrogen and oxygen atoms in total. The van der Waals surface area contributed by atoms with Gasteiger partial charge >= 0.3 is 12.0 Å². The number of aryl methyl sites for hydroxylation is 1. The van der Waals surface area contributed by atoms with E-state index in [2.05, 4.69) is 15.6 Å². The molecule has 2 amide bonds. The predicted molar refractivity (Wildman–Crippen MR) is 86.2 cm³/mol. The predicted octanol–water partition coefficient (Wildman–Crippen LogP) is 3.10. The van der Waals surface area contributed by atoms with Crippen molar-refractivity contribution in [2.75, 3.05) is 11.9 Å². The lowest BCUT2D eigenvalue weighted by atomic mass is 10.1. The van der Waals surface area contributed by atoms with Gasteiger partial charge in [0.25, 0.3) is 0 Å². The first kappa shape index (κ1) is 16.0. The van der Waals surface area contributed by atoms with Crippen LogP contribution in [0.4, 0.5) is 10.5 Å². The summed E-state index contributed by atoms with van der Waals surface area (Å²) in [5.41, 5.74) is 2.59. The second-order valence-corrected chi connectivity index (χ2v) is 5.77. The van der Waals surface area contributed by atoms with Gasteiger partial charge in [0, 0.05) is 29.6 Å². The number of rotatable bonds is 6. The standard InChI is InChI=1S/C15H17N3O3S/c1-10-17-13(9-22-10)11-4-6-12(7-5-11)18-15(21)16-8-2-3-14(19)20/h4-7,9H,2-3,8H2,1H3,(H,19,20)(H2,16,18,21). The van der Waals surface area contributed by atoms with E-state index in [1.165, 1.54) is 0 Å². The fourth-order valence-electron chi connectivity index (χ4n) is 1.84. The first-order valence-corrected chi connectivity index (χ1v) is 7.72. The second kappa shape index (κ2) is 7.56. The maximum atomic E-state index is 11.6. The molecule has 0 saturated carbocycles. The summed E-state index contributed by atoms with van der Waals surface area (Å²) in [5, 5.41) is 16.8. The van der Waals surface area contributed by atoms with Crippen LogP contribution in [0.3, 0.4) is 0 Å². The minimum Gasteiger partial charge on any atom is -0.481 e. The Morgan fingerprint density at radius 2 is 2.00 bits per heavy atom. The number of hydrogen-bond acceptors (Lipinski definition) is 4. The topological polar surface area (TPSA) is 91.3 Å². The minimum atomic E-state index is -0.866. The summed E-state index contributed by atoms with van der Waals surface area (Å²) in [7, 11) is 0. The van der Waals surface area contributed by atoms with Gasteiger partial charge in [-0.1, -0.05) is 12.1 Å². The molecule has 22 heavy (non-hydrogen) atoms. The van der Waals surface area contributed by atoms with Crippen LogP contribution in [-0.4, -0.2) is 28.6 Å². The Kier molecular flexibility index (Phi) is 5.48. The van der Waals surface area contributed by atoms with Crippen molar-refractivity contribution in [3.05, 3.63) is 34.7 Å². The third-order valence-electron chi connectivity index (χ3n) is 2.91. The molecule has 1 heterocycles. The van der Waals surface area contributed by atoms with Crippen LogP contribution < -0.4 is 10.6 Å². The van der Waals surface area contributed by atoms with E-state index in [9.17, 15) is 9.59 Å². The van der Waals surface area contributed by atoms with Crippen molar-refractivity contribution in [1.82, 2.24) is 10.3 Å². The Morgan fingerprint density at radius 1 is 1.27 bits per heavy atom. The number of nitrogens with zero attached hydrogens (tertiary/aromatic N) is 1. The number of carboxylic acids is 1. The van der Waals surface area contributed by atoms with Crippen LogP contribution in [0.5, 0.6) is 0 Å². The number of nitrogens with one attached hydrogen (secondary N) is 2. The highest BCUT2D eigenvalue weighted by atomic mass is 32.1. The zero-order valence-corrected chi connectivity index (χ0v) is 12.9. The first-order valence-electron chi connectivity index (χ1n) is 6.84. The molecule has 0 bridgehead atoms. The Morgan fingerprint density at radius 3 is 2.59 bits per heavy atom. The number of amides is 2. The summed E-state index contributed by atoms with van der Waals surface area (Å²) >= 11 is 1.59. The fourth-order valence-corrected chi connectivity index (χ4v) is 2.46. The molecule has 2 aromatic rings. The van der Waals surface area contributed by atoms with Crippen LogP contribution >= 0.6 is 11.3 Å². The van der Waals surface area contributed by atoms with E-state index in [0.29, 0.717) is 18.7 Å². The fraction of sp³-hybridized carbons (Fsp3) is 0.267. The quantitative estimate of drug-likeness (QED) is 0.713. The van der Waals surface area contributed by atoms with Crippen molar-refractivity contribution in [1.29, 1.82) is 0 Å². The summed E-state index contributed by atoms with van der Waals surface area (Å²) in [6.07, 6.45) is 0.451. The average molecular weight is 319 g/mol. The van der Waals surface area contributed by atoms with Gasteiger partial charge in [-0.15, -0.1) is 11.3 Å². The van der Waals surface area contributed by atoms with Crippen LogP contribution in [0.15, 0.2) is 29.6 Å². The summed E-state index contributed by atoms with van der Waals surface area (Å²) in [4.78, 5) is 26.4. The number of carboxylic acid groups (broad SMARTS) is 1. The molecule has 0 spiro atoms. The molecule has 1 aromatic heterocycles. The third-order valence-corrected chi connectivity index (χ3v) is 3.68. The Hall–Kier alpha value is -2.41. The summed E-state index contributed by atoms with van der Waals surface area (Å²) in [6, 6.07) is 7.06. The molecule has 0 aliphatic heterocycles. The molecule has 2 rings (SSSR count). The smallest absolute Gasteiger partial charge is 0.319 e. The summed E-state index contributed by atoms with van der Waals surface area (Å²) in [6.45, 7) is 2.28. The molecule has 116 valence electrons. The van der Waals surface area contributed by atoms with Crippen molar-refractivity contribution in [3.63, 3.8) is 0 Å². The molecule has 3 N–H and O–H groups in total. The van der Waals surface area contributed by atoms with Gasteiger partial charge < -0.3 is 15.7 Å². The second-order valence-electron chi connectivity index (χ2n) is 4.71. The van der Waals surface area contributed by atoms with E-state index in [1.807, 2.05) is 24.4 Å². The number of urea groups is 1. The Balaban J connectivity index is 1.83. The van der Waals surface area contributed by atoms with Crippen molar-refractivity contribution in [2.24, 2.45) is 0 Å². The van der Waals surface area contributed by atoms with Crippen LogP contribution in [0.25, 0.3) is 11.3 Å². The van der Waals surface area contributed by atoms with Crippen LogP contribution in [0, 0.1) is 6.92 Å². The highest BCUT2D eigenvalue weighted by Crippen LogP contribution is 2.22. The monoisotopic (exact) mass is 319 g/mol. The molecule has 0 atom stereocenters. The summed E-state index contributed by atoms with van der Waals surface area (Å²) < 4.78 is 0. The molecule has 0 unspecified atom stereocenters. The van der Waals surface area contributed by atoms with E-state index in [-0.39, 0.29) is 12.5 Å². The number of hydrogen-bond donors (Lipinski definition) is 3. The number of anilines is 1. The lowest BCUT2D eigenvalue weighted by molar-refractivity contribution is -0.137. The Bertz CT molecular complexity index is 652. The zero-order chi connectivity index (χ0) is 15.9. The van der Waals surface area contributed by atoms with Gasteiger partial charge in [0.2, 0.25) is 0 Å². The van der Waals surface area contributed by atoms with Crippen molar-refractivity contribution in [3.8, 4) is 11.3 Å². The number of benzene rings is 1. The highest BCUT2D eigenvalue weighted by Gasteiger charge is 2.04. The van der Waals surface area contributed by atoms with Gasteiger partial charge in [-0.25, -0.2) is 9.78 Å². The lowest BCUT2D eigenvalue weighted by Gasteiger charge is -2.07. The van der Waals surface area contributed by atoms with Gasteiger partial charge in [0.15, 0.2) is 0 Å². The molecular formula is C15H17N3O3S. The number of aliphatic carboxylic acids is 1. The molecule has 0 aliphatic rings. The maximum Gasteiger partial charge on any atom is 0.319 e. The molecule has 0 saturated heterocycles. The molecule has 0 radical (unpaired) electrons. The number of carbonyl (C=O) groups excluding carboxylic acids is 1. The lowest BCUT2D eigenvalue weighted by Crippen LogP contribution is -2.29. The van der Waals surface area contributed by atoms with Gasteiger partial charge in [-0.05, 0) is 25.5 Å². The SMILES string of the molecule is Cc1nc(-c2ccc(NC(=O)NCCCC(=O)O)cc2)cs1. The minimum absolute atomic E-state index is 0.0437. The van der Waals surface area contributed by atoms with Gasteiger partial charge in [-0.2, -0.15) is 0 Å². The summed E-state index contributed by atoms with van der Waals surface area (Å²) in [5.74, 6) is -0.866. The first-order chi connectivity index (χ1) is 10.5. The van der Waals surface area contributed by atoms with Crippen LogP contribution in [0.1, 0.15) is 17.8 Å². The molecular weight excluding hydrogens is 302 g/mol. The van der Waals surface area contributed by atoms with Crippen molar-refractivity contribution in [2.45, 2.75) is 19.8 Å². The largest absolute Gasteiger partial charge is 0.481 e. The van der Waals surface area contributed by atoms with Gasteiger partial charge in [0.1, 0.15) is 0 Å². The van der Waals surface area contributed by atoms with E-state index in [4.69, 9.17) is 5.11 Å². The third kappa shape index (κ3) is 4.85. The van der Waals surface area contributed by atoms with E-state index >= 15 is 0 Å². The Labute approximate surface area is 132 Å². The maximum absolute atomic E-state index is 11.6. The van der Waals surface area contributed by atoms with Crippen molar-refractivity contribution >= 4 is 29.0 Å². The van der Waals surface area contributed by atoms with Crippen LogP contribution in [0.2, 0.25) is 0 Å². The van der Waals surface area contributed by atoms with Gasteiger partial charge in [0.05, 0.1) is 10.7 Å². The highest BCUT2D eigenvalue weighted by molar-refractivity contribution is 7.09. The van der Waals surface area contributed by atoms with Gasteiger partial charge in [-0.3, -0.25) is 4.79 Å². The number of aromatic nitrogens is 1. The van der Waals surface area contributed by atoms with E-state index < -0.39 is 5.97 Å². The normalized spacial score (nSPS) is 10.2. The average Bonchev–Trinajstić information content (AvgIpc) is 2.91. The van der Waals surface area contributed by atoms with E-state index in [1.54, 1.807) is 23.5 Å². The molecule has 7 heteroatoms.